The van der Waals surface area contributed by atoms with Crippen molar-refractivity contribution >= 4 is 5.82 Å². The normalized spacial score (nSPS) is 20.6. The van der Waals surface area contributed by atoms with E-state index in [0.29, 0.717) is 43.1 Å². The minimum atomic E-state index is -0.604. The van der Waals surface area contributed by atoms with Gasteiger partial charge in [0.2, 0.25) is 5.88 Å². The number of aryl methyl sites for hydroxylation is 1. The molecule has 1 saturated heterocycles. The monoisotopic (exact) mass is 333 g/mol. The number of hydrogen-bond donors (Lipinski definition) is 1. The molecule has 1 aliphatic heterocycles. The Kier molecular flexibility index (Phi) is 4.84. The Hall–Kier alpha value is -2.35. The Balaban J connectivity index is 1.64. The molecule has 24 heavy (non-hydrogen) atoms. The molecule has 0 radical (unpaired) electrons. The Morgan fingerprint density at radius 2 is 2.12 bits per heavy atom. The average Bonchev–Trinajstić information content (AvgIpc) is 3.12. The number of aromatic nitrogens is 4. The molecule has 1 aliphatic rings. The van der Waals surface area contributed by atoms with Crippen molar-refractivity contribution in [3.63, 3.8) is 0 Å². The average molecular weight is 333 g/mol. The lowest BCUT2D eigenvalue weighted by atomic mass is 10.2. The fraction of sp³-hybridized carbons (Fsp3) is 0.562. The van der Waals surface area contributed by atoms with Gasteiger partial charge in [0.25, 0.3) is 0 Å². The second kappa shape index (κ2) is 7.04. The minimum Gasteiger partial charge on any atom is -0.482 e. The van der Waals surface area contributed by atoms with Gasteiger partial charge in [0.15, 0.2) is 11.6 Å². The summed E-state index contributed by atoms with van der Waals surface area (Å²) in [4.78, 5) is 10.6. The maximum absolute atomic E-state index is 10.3. The lowest BCUT2D eigenvalue weighted by molar-refractivity contribution is 0.0737. The number of aliphatic hydroxyl groups is 1. The van der Waals surface area contributed by atoms with Gasteiger partial charge < -0.3 is 19.5 Å². The number of aliphatic hydroxyl groups excluding tert-OH is 1. The Morgan fingerprint density at radius 3 is 2.83 bits per heavy atom. The van der Waals surface area contributed by atoms with Crippen LogP contribution in [-0.2, 0) is 7.05 Å². The van der Waals surface area contributed by atoms with Crippen LogP contribution in [0.5, 0.6) is 11.6 Å². The summed E-state index contributed by atoms with van der Waals surface area (Å²) in [6.07, 6.45) is 5.73. The minimum absolute atomic E-state index is 0.337. The van der Waals surface area contributed by atoms with Gasteiger partial charge in [-0.2, -0.15) is 10.1 Å². The molecule has 8 nitrogen and oxygen atoms in total. The van der Waals surface area contributed by atoms with E-state index in [0.717, 1.165) is 0 Å². The first-order valence-corrected chi connectivity index (χ1v) is 8.04. The highest BCUT2D eigenvalue weighted by Gasteiger charge is 2.34. The van der Waals surface area contributed by atoms with E-state index in [2.05, 4.69) is 28.9 Å². The van der Waals surface area contributed by atoms with Gasteiger partial charge in [-0.25, -0.2) is 0 Å². The van der Waals surface area contributed by atoms with E-state index in [9.17, 15) is 5.11 Å². The van der Waals surface area contributed by atoms with Crippen molar-refractivity contribution in [3.8, 4) is 11.6 Å². The summed E-state index contributed by atoms with van der Waals surface area (Å²) in [5.41, 5.74) is 0. The number of anilines is 1. The molecule has 1 N–H and O–H groups in total. The third kappa shape index (κ3) is 3.94. The molecule has 0 bridgehead atoms. The number of hydrogen-bond acceptors (Lipinski definition) is 7. The van der Waals surface area contributed by atoms with Crippen LogP contribution < -0.4 is 14.4 Å². The van der Waals surface area contributed by atoms with Gasteiger partial charge in [-0.3, -0.25) is 9.67 Å². The topological polar surface area (TPSA) is 85.5 Å². The third-order valence-electron chi connectivity index (χ3n) is 3.69. The van der Waals surface area contributed by atoms with Crippen molar-refractivity contribution in [2.75, 3.05) is 24.6 Å². The van der Waals surface area contributed by atoms with Crippen molar-refractivity contribution in [3.05, 3.63) is 24.8 Å². The van der Waals surface area contributed by atoms with Gasteiger partial charge in [-0.1, -0.05) is 13.8 Å². The van der Waals surface area contributed by atoms with E-state index in [-0.39, 0.29) is 6.10 Å². The number of rotatable bonds is 6. The molecule has 2 aromatic heterocycles. The maximum atomic E-state index is 10.3. The molecule has 2 atom stereocenters. The molecular formula is C16H23N5O3. The standard InChI is InChI=1S/C16H23N5O3/c1-11(2)10-23-16-6-17-5-15(19-16)21-8-13(22)14(9-21)24-12-4-18-20(3)7-12/h4-7,11,13-14,22H,8-10H2,1-3H3/t13-,14-/m1/s1. The van der Waals surface area contributed by atoms with Gasteiger partial charge in [0, 0.05) is 13.6 Å². The van der Waals surface area contributed by atoms with E-state index < -0.39 is 6.10 Å². The van der Waals surface area contributed by atoms with Crippen LogP contribution in [0.1, 0.15) is 13.8 Å². The van der Waals surface area contributed by atoms with E-state index in [1.807, 2.05) is 11.9 Å². The van der Waals surface area contributed by atoms with Gasteiger partial charge >= 0.3 is 0 Å². The van der Waals surface area contributed by atoms with Gasteiger partial charge in [-0.05, 0) is 5.92 Å². The van der Waals surface area contributed by atoms with Crippen LogP contribution in [0.3, 0.4) is 0 Å². The Labute approximate surface area is 141 Å². The van der Waals surface area contributed by atoms with Crippen LogP contribution in [0.15, 0.2) is 24.8 Å². The molecule has 0 amide bonds. The number of ether oxygens (including phenoxy) is 2. The zero-order valence-corrected chi connectivity index (χ0v) is 14.2. The van der Waals surface area contributed by atoms with E-state index >= 15 is 0 Å². The van der Waals surface area contributed by atoms with E-state index in [1.165, 1.54) is 0 Å². The Bertz CT molecular complexity index is 675. The predicted molar refractivity (Wildman–Crippen MR) is 88.2 cm³/mol. The molecule has 1 fully saturated rings. The Morgan fingerprint density at radius 1 is 1.29 bits per heavy atom. The van der Waals surface area contributed by atoms with Crippen LogP contribution in [0, 0.1) is 5.92 Å². The fourth-order valence-corrected chi connectivity index (χ4v) is 2.51. The summed E-state index contributed by atoms with van der Waals surface area (Å²) >= 11 is 0. The predicted octanol–water partition coefficient (Wildman–Crippen LogP) is 0.873. The highest BCUT2D eigenvalue weighted by molar-refractivity contribution is 5.40. The molecule has 3 rings (SSSR count). The quantitative estimate of drug-likeness (QED) is 0.839. The first kappa shape index (κ1) is 16.5. The molecule has 0 unspecified atom stereocenters. The summed E-state index contributed by atoms with van der Waals surface area (Å²) in [5, 5.41) is 14.3. The van der Waals surface area contributed by atoms with Crippen LogP contribution in [0.4, 0.5) is 5.82 Å². The van der Waals surface area contributed by atoms with Crippen LogP contribution in [0.25, 0.3) is 0 Å². The third-order valence-corrected chi connectivity index (χ3v) is 3.69. The van der Waals surface area contributed by atoms with E-state index in [1.54, 1.807) is 29.5 Å². The van der Waals surface area contributed by atoms with Crippen molar-refractivity contribution in [2.45, 2.75) is 26.1 Å². The zero-order chi connectivity index (χ0) is 17.1. The van der Waals surface area contributed by atoms with Crippen molar-refractivity contribution < 1.29 is 14.6 Å². The molecule has 0 spiro atoms. The second-order valence-electron chi connectivity index (χ2n) is 6.40. The molecule has 0 aliphatic carbocycles. The summed E-state index contributed by atoms with van der Waals surface area (Å²) in [6, 6.07) is 0. The molecular weight excluding hydrogens is 310 g/mol. The summed E-state index contributed by atoms with van der Waals surface area (Å²) in [7, 11) is 1.82. The summed E-state index contributed by atoms with van der Waals surface area (Å²) < 4.78 is 13.1. The molecule has 0 aromatic carbocycles. The lowest BCUT2D eigenvalue weighted by Crippen LogP contribution is -2.29. The van der Waals surface area contributed by atoms with Crippen LogP contribution >= 0.6 is 0 Å². The largest absolute Gasteiger partial charge is 0.482 e. The lowest BCUT2D eigenvalue weighted by Gasteiger charge is -2.17. The first-order valence-electron chi connectivity index (χ1n) is 8.04. The molecule has 3 heterocycles. The highest BCUT2D eigenvalue weighted by atomic mass is 16.5. The number of β-amino-alcohol motifs (C(OH)–C–C–N with tert-alkyl or cyclic N) is 1. The smallest absolute Gasteiger partial charge is 0.234 e. The van der Waals surface area contributed by atoms with Gasteiger partial charge in [-0.15, -0.1) is 0 Å². The fourth-order valence-electron chi connectivity index (χ4n) is 2.51. The van der Waals surface area contributed by atoms with Gasteiger partial charge in [0.05, 0.1) is 37.9 Å². The van der Waals surface area contributed by atoms with Crippen molar-refractivity contribution in [2.24, 2.45) is 13.0 Å². The second-order valence-corrected chi connectivity index (χ2v) is 6.40. The molecule has 0 saturated carbocycles. The van der Waals surface area contributed by atoms with Gasteiger partial charge in [0.1, 0.15) is 12.2 Å². The summed E-state index contributed by atoms with van der Waals surface area (Å²) in [6.45, 7) is 5.71. The molecule has 130 valence electrons. The van der Waals surface area contributed by atoms with E-state index in [4.69, 9.17) is 9.47 Å². The summed E-state index contributed by atoms with van der Waals surface area (Å²) in [5.74, 6) is 2.23. The SMILES string of the molecule is CC(C)COc1cncc(N2C[C@@H](O)[C@H](Oc3cnn(C)c3)C2)n1. The van der Waals surface area contributed by atoms with Crippen LogP contribution in [-0.4, -0.2) is 56.8 Å². The van der Waals surface area contributed by atoms with Crippen molar-refractivity contribution in [1.29, 1.82) is 0 Å². The number of nitrogens with zero attached hydrogens (tertiary/aromatic N) is 5. The first-order chi connectivity index (χ1) is 11.5. The molecule has 2 aromatic rings. The zero-order valence-electron chi connectivity index (χ0n) is 14.2. The highest BCUT2D eigenvalue weighted by Crippen LogP contribution is 2.23. The molecule has 8 heteroatoms. The van der Waals surface area contributed by atoms with Crippen LogP contribution in [0.2, 0.25) is 0 Å². The maximum Gasteiger partial charge on any atom is 0.234 e. The van der Waals surface area contributed by atoms with Crippen molar-refractivity contribution in [1.82, 2.24) is 19.7 Å².